The number of likely N-dealkylation sites (N-methyl/N-ethyl adjacent to an activating group) is 1. The first-order valence-corrected chi connectivity index (χ1v) is 9.63. The summed E-state index contributed by atoms with van der Waals surface area (Å²) >= 11 is 1.37. The minimum atomic E-state index is -3.35. The van der Waals surface area contributed by atoms with Crippen LogP contribution in [0.4, 0.5) is 0 Å². The van der Waals surface area contributed by atoms with Crippen LogP contribution in [0.5, 0.6) is 0 Å². The van der Waals surface area contributed by atoms with E-state index in [1.54, 1.807) is 13.1 Å². The smallest absolute Gasteiger partial charge is 0.252 e. The molecule has 1 saturated heterocycles. The molecule has 1 aromatic heterocycles. The van der Waals surface area contributed by atoms with E-state index < -0.39 is 10.0 Å². The Kier molecular flexibility index (Phi) is 5.79. The molecule has 0 aromatic carbocycles. The Bertz CT molecular complexity index is 563. The molecule has 1 fully saturated rings. The third-order valence-electron chi connectivity index (χ3n) is 3.93. The van der Waals surface area contributed by atoms with Crippen molar-refractivity contribution in [1.82, 2.24) is 14.5 Å². The van der Waals surface area contributed by atoms with Crippen molar-refractivity contribution in [1.29, 1.82) is 0 Å². The first-order chi connectivity index (χ1) is 9.95. The Morgan fingerprint density at radius 1 is 1.38 bits per heavy atom. The van der Waals surface area contributed by atoms with Crippen molar-refractivity contribution in [2.24, 2.45) is 0 Å². The maximum Gasteiger partial charge on any atom is 0.252 e. The molecule has 0 spiro atoms. The van der Waals surface area contributed by atoms with E-state index in [-0.39, 0.29) is 0 Å². The molecule has 2 heterocycles. The number of hydrogen-bond donors (Lipinski definition) is 1. The quantitative estimate of drug-likeness (QED) is 0.822. The number of rotatable bonds is 7. The second kappa shape index (κ2) is 7.19. The zero-order valence-corrected chi connectivity index (χ0v) is 14.7. The number of sulfonamides is 1. The van der Waals surface area contributed by atoms with Gasteiger partial charge in [0, 0.05) is 31.6 Å². The van der Waals surface area contributed by atoms with E-state index >= 15 is 0 Å². The maximum absolute atomic E-state index is 12.6. The fraction of sp³-hybridized carbons (Fsp3) is 0.714. The molecule has 21 heavy (non-hydrogen) atoms. The summed E-state index contributed by atoms with van der Waals surface area (Å²) in [6, 6.07) is 1.79. The summed E-state index contributed by atoms with van der Waals surface area (Å²) in [6.07, 6.45) is 2.46. The lowest BCUT2D eigenvalue weighted by atomic mass is 10.3. The highest BCUT2D eigenvalue weighted by atomic mass is 32.2. The number of thiophene rings is 1. The van der Waals surface area contributed by atoms with Gasteiger partial charge in [0.25, 0.3) is 10.0 Å². The molecule has 0 atom stereocenters. The normalized spacial score (nSPS) is 17.0. The first kappa shape index (κ1) is 16.9. The zero-order valence-electron chi connectivity index (χ0n) is 13.1. The Morgan fingerprint density at radius 3 is 2.67 bits per heavy atom. The Labute approximate surface area is 132 Å². The van der Waals surface area contributed by atoms with Crippen LogP contribution in [-0.4, -0.2) is 57.9 Å². The Balaban J connectivity index is 2.03. The van der Waals surface area contributed by atoms with Crippen LogP contribution < -0.4 is 5.32 Å². The van der Waals surface area contributed by atoms with Crippen LogP contribution in [0, 0.1) is 6.92 Å². The van der Waals surface area contributed by atoms with Crippen LogP contribution >= 0.6 is 11.3 Å². The monoisotopic (exact) mass is 331 g/mol. The van der Waals surface area contributed by atoms with Crippen LogP contribution in [-0.2, 0) is 16.6 Å². The van der Waals surface area contributed by atoms with Gasteiger partial charge in [0.15, 0.2) is 0 Å². The largest absolute Gasteiger partial charge is 0.315 e. The molecule has 1 N–H and O–H groups in total. The van der Waals surface area contributed by atoms with Gasteiger partial charge in [-0.25, -0.2) is 8.42 Å². The first-order valence-electron chi connectivity index (χ1n) is 7.37. The second-order valence-electron chi connectivity index (χ2n) is 5.58. The van der Waals surface area contributed by atoms with Crippen molar-refractivity contribution >= 4 is 21.4 Å². The molecule has 0 aliphatic carbocycles. The summed E-state index contributed by atoms with van der Waals surface area (Å²) in [5, 5.41) is 3.08. The van der Waals surface area contributed by atoms with Gasteiger partial charge in [0.2, 0.25) is 0 Å². The fourth-order valence-corrected chi connectivity index (χ4v) is 5.49. The Morgan fingerprint density at radius 2 is 2.05 bits per heavy atom. The molecule has 0 amide bonds. The molecular weight excluding hydrogens is 306 g/mol. The van der Waals surface area contributed by atoms with Crippen molar-refractivity contribution in [2.75, 3.05) is 40.3 Å². The standard InChI is InChI=1S/C14H25N3O2S2/c1-12-10-14(20-13(12)11-15-2)21(18,19)16(3)8-9-17-6-4-5-7-17/h10,15H,4-9,11H2,1-3H3. The van der Waals surface area contributed by atoms with E-state index in [9.17, 15) is 8.42 Å². The SMILES string of the molecule is CNCc1sc(S(=O)(=O)N(C)CCN2CCCC2)cc1C. The fourth-order valence-electron chi connectivity index (χ4n) is 2.51. The third kappa shape index (κ3) is 4.04. The van der Waals surface area contributed by atoms with Crippen molar-refractivity contribution in [2.45, 2.75) is 30.5 Å². The summed E-state index contributed by atoms with van der Waals surface area (Å²) in [5.41, 5.74) is 1.04. The lowest BCUT2D eigenvalue weighted by Gasteiger charge is -2.20. The number of aryl methyl sites for hydroxylation is 1. The van der Waals surface area contributed by atoms with Crippen LogP contribution in [0.3, 0.4) is 0 Å². The van der Waals surface area contributed by atoms with Gasteiger partial charge < -0.3 is 10.2 Å². The van der Waals surface area contributed by atoms with Crippen molar-refractivity contribution in [3.05, 3.63) is 16.5 Å². The molecular formula is C14H25N3O2S2. The van der Waals surface area contributed by atoms with Crippen LogP contribution in [0.2, 0.25) is 0 Å². The molecule has 7 heteroatoms. The summed E-state index contributed by atoms with van der Waals surface area (Å²) in [5.74, 6) is 0. The molecule has 0 unspecified atom stereocenters. The van der Waals surface area contributed by atoms with E-state index in [4.69, 9.17) is 0 Å². The van der Waals surface area contributed by atoms with Gasteiger partial charge in [0.1, 0.15) is 4.21 Å². The molecule has 120 valence electrons. The maximum atomic E-state index is 12.6. The van der Waals surface area contributed by atoms with Gasteiger partial charge in [-0.2, -0.15) is 4.31 Å². The molecule has 1 aliphatic rings. The van der Waals surface area contributed by atoms with E-state index in [2.05, 4.69) is 10.2 Å². The van der Waals surface area contributed by atoms with Gasteiger partial charge in [-0.1, -0.05) is 0 Å². The topological polar surface area (TPSA) is 52.7 Å². The molecule has 1 aliphatic heterocycles. The molecule has 5 nitrogen and oxygen atoms in total. The van der Waals surface area contributed by atoms with Crippen LogP contribution in [0.1, 0.15) is 23.3 Å². The average molecular weight is 332 g/mol. The molecule has 1 aromatic rings. The highest BCUT2D eigenvalue weighted by Gasteiger charge is 2.24. The second-order valence-corrected chi connectivity index (χ2v) is 8.99. The van der Waals surface area contributed by atoms with E-state index in [0.29, 0.717) is 17.3 Å². The van der Waals surface area contributed by atoms with Crippen LogP contribution in [0.15, 0.2) is 10.3 Å². The number of likely N-dealkylation sites (tertiary alicyclic amines) is 1. The van der Waals surface area contributed by atoms with Crippen molar-refractivity contribution < 1.29 is 8.42 Å². The van der Waals surface area contributed by atoms with Gasteiger partial charge in [-0.3, -0.25) is 0 Å². The highest BCUT2D eigenvalue weighted by Crippen LogP contribution is 2.28. The van der Waals surface area contributed by atoms with Gasteiger partial charge in [0.05, 0.1) is 0 Å². The third-order valence-corrected chi connectivity index (χ3v) is 7.47. The van der Waals surface area contributed by atoms with Gasteiger partial charge in [-0.15, -0.1) is 11.3 Å². The predicted octanol–water partition coefficient (Wildman–Crippen LogP) is 1.49. The average Bonchev–Trinajstić information content (AvgIpc) is 3.07. The summed E-state index contributed by atoms with van der Waals surface area (Å²) < 4.78 is 27.1. The van der Waals surface area contributed by atoms with Crippen molar-refractivity contribution in [3.63, 3.8) is 0 Å². The van der Waals surface area contributed by atoms with Crippen molar-refractivity contribution in [3.8, 4) is 0 Å². The predicted molar refractivity (Wildman–Crippen MR) is 87.3 cm³/mol. The zero-order chi connectivity index (χ0) is 15.5. The van der Waals surface area contributed by atoms with E-state index in [1.165, 1.54) is 28.5 Å². The number of hydrogen-bond acceptors (Lipinski definition) is 5. The van der Waals surface area contributed by atoms with Gasteiger partial charge in [-0.05, 0) is 51.5 Å². The van der Waals surface area contributed by atoms with Gasteiger partial charge >= 0.3 is 0 Å². The Hall–Kier alpha value is -0.470. The summed E-state index contributed by atoms with van der Waals surface area (Å²) in [4.78, 5) is 3.42. The lowest BCUT2D eigenvalue weighted by Crippen LogP contribution is -2.34. The molecule has 0 radical (unpaired) electrons. The summed E-state index contributed by atoms with van der Waals surface area (Å²) in [7, 11) is 0.196. The highest BCUT2D eigenvalue weighted by molar-refractivity contribution is 7.91. The van der Waals surface area contributed by atoms with Crippen LogP contribution in [0.25, 0.3) is 0 Å². The van der Waals surface area contributed by atoms with E-state index in [1.807, 2.05) is 14.0 Å². The minimum absolute atomic E-state index is 0.453. The lowest BCUT2D eigenvalue weighted by molar-refractivity contribution is 0.310. The number of nitrogens with zero attached hydrogens (tertiary/aromatic N) is 2. The molecule has 2 rings (SSSR count). The van der Waals surface area contributed by atoms with E-state index in [0.717, 1.165) is 30.1 Å². The molecule has 0 saturated carbocycles. The minimum Gasteiger partial charge on any atom is -0.315 e. The number of nitrogens with one attached hydrogen (secondary N) is 1. The molecule has 0 bridgehead atoms. The summed E-state index contributed by atoms with van der Waals surface area (Å²) in [6.45, 7) is 6.25.